The number of aromatic nitrogens is 1. The molecule has 1 N–H and O–H groups in total. The number of carbonyl (C=O) groups is 2. The maximum atomic E-state index is 12.1. The molecule has 0 bridgehead atoms. The number of anilines is 1. The highest BCUT2D eigenvalue weighted by molar-refractivity contribution is 8.01. The van der Waals surface area contributed by atoms with Gasteiger partial charge in [0.1, 0.15) is 0 Å². The summed E-state index contributed by atoms with van der Waals surface area (Å²) >= 11 is 8.83. The van der Waals surface area contributed by atoms with E-state index in [0.29, 0.717) is 16.3 Å². The molecule has 24 heavy (non-hydrogen) atoms. The van der Waals surface area contributed by atoms with Gasteiger partial charge in [0.25, 0.3) is 0 Å². The summed E-state index contributed by atoms with van der Waals surface area (Å²) in [4.78, 5) is 28.2. The molecule has 0 aliphatic heterocycles. The van der Waals surface area contributed by atoms with E-state index >= 15 is 0 Å². The fraction of sp³-hybridized carbons (Fsp3) is 0.118. The number of Topliss-reactive ketones (excluding diaryl/α,β-unsaturated/α-hetero) is 1. The molecule has 1 aromatic heterocycles. The number of amides is 1. The lowest BCUT2D eigenvalue weighted by Crippen LogP contribution is -2.16. The van der Waals surface area contributed by atoms with Crippen LogP contribution in [0.25, 0.3) is 10.2 Å². The van der Waals surface area contributed by atoms with E-state index in [2.05, 4.69) is 10.3 Å². The number of thioether (sulfide) groups is 1. The summed E-state index contributed by atoms with van der Waals surface area (Å²) in [6.45, 7) is 1.48. The van der Waals surface area contributed by atoms with Gasteiger partial charge in [-0.15, -0.1) is 11.3 Å². The lowest BCUT2D eigenvalue weighted by molar-refractivity contribution is -0.113. The van der Waals surface area contributed by atoms with Gasteiger partial charge in [-0.25, -0.2) is 4.98 Å². The minimum atomic E-state index is -0.175. The minimum absolute atomic E-state index is 0.0818. The molecule has 7 heteroatoms. The maximum absolute atomic E-state index is 12.1. The van der Waals surface area contributed by atoms with Crippen molar-refractivity contribution in [1.29, 1.82) is 0 Å². The molecule has 4 nitrogen and oxygen atoms in total. The van der Waals surface area contributed by atoms with Crippen LogP contribution < -0.4 is 5.32 Å². The molecule has 3 aromatic rings. The third-order valence-electron chi connectivity index (χ3n) is 3.24. The topological polar surface area (TPSA) is 59.1 Å². The molecule has 2 aromatic carbocycles. The number of nitrogens with zero attached hydrogens (tertiary/aromatic N) is 1. The summed E-state index contributed by atoms with van der Waals surface area (Å²) in [6, 6.07) is 12.5. The zero-order valence-electron chi connectivity index (χ0n) is 12.7. The molecule has 0 radical (unpaired) electrons. The maximum Gasteiger partial charge on any atom is 0.234 e. The first-order chi connectivity index (χ1) is 11.5. The molecule has 0 aliphatic carbocycles. The highest BCUT2D eigenvalue weighted by atomic mass is 35.5. The van der Waals surface area contributed by atoms with Crippen molar-refractivity contribution in [2.45, 2.75) is 11.3 Å². The van der Waals surface area contributed by atoms with E-state index in [1.807, 2.05) is 12.1 Å². The fourth-order valence-corrected chi connectivity index (χ4v) is 4.17. The lowest BCUT2D eigenvalue weighted by Gasteiger charge is -2.08. The normalized spacial score (nSPS) is 10.8. The van der Waals surface area contributed by atoms with E-state index in [4.69, 9.17) is 11.6 Å². The van der Waals surface area contributed by atoms with Gasteiger partial charge >= 0.3 is 0 Å². The minimum Gasteiger partial charge on any atom is -0.325 e. The average molecular weight is 377 g/mol. The fourth-order valence-electron chi connectivity index (χ4n) is 2.15. The van der Waals surface area contributed by atoms with Crippen LogP contribution in [0.15, 0.2) is 46.8 Å². The van der Waals surface area contributed by atoms with Crippen LogP contribution in [-0.4, -0.2) is 22.4 Å². The first-order valence-corrected chi connectivity index (χ1v) is 9.29. The second-order valence-corrected chi connectivity index (χ2v) is 7.72. The summed E-state index contributed by atoms with van der Waals surface area (Å²) in [5.74, 6) is -0.0348. The van der Waals surface area contributed by atoms with Gasteiger partial charge in [-0.05, 0) is 37.3 Å². The van der Waals surface area contributed by atoms with Gasteiger partial charge in [0.05, 0.1) is 21.7 Å². The number of hydrogen-bond donors (Lipinski definition) is 1. The molecule has 3 rings (SSSR count). The largest absolute Gasteiger partial charge is 0.325 e. The molecule has 0 saturated carbocycles. The van der Waals surface area contributed by atoms with Crippen LogP contribution in [-0.2, 0) is 4.79 Å². The van der Waals surface area contributed by atoms with Crippen molar-refractivity contribution < 1.29 is 9.59 Å². The molecular formula is C17H13ClN2O2S2. The Labute approximate surface area is 152 Å². The number of carbonyl (C=O) groups excluding carboxylic acids is 2. The number of halogens is 1. The van der Waals surface area contributed by atoms with Crippen LogP contribution in [0.4, 0.5) is 5.69 Å². The predicted octanol–water partition coefficient (Wildman–Crippen LogP) is 4.88. The molecule has 0 aliphatic rings. The van der Waals surface area contributed by atoms with Crippen LogP contribution in [0.2, 0.25) is 5.02 Å². The number of thiazole rings is 1. The zero-order chi connectivity index (χ0) is 17.1. The van der Waals surface area contributed by atoms with Gasteiger partial charge < -0.3 is 5.32 Å². The number of ketones is 1. The number of para-hydroxylation sites is 1. The van der Waals surface area contributed by atoms with Gasteiger partial charge in [-0.3, -0.25) is 9.59 Å². The van der Waals surface area contributed by atoms with Gasteiger partial charge in [0, 0.05) is 10.6 Å². The highest BCUT2D eigenvalue weighted by Gasteiger charge is 2.11. The van der Waals surface area contributed by atoms with Crippen molar-refractivity contribution in [3.8, 4) is 0 Å². The van der Waals surface area contributed by atoms with Crippen molar-refractivity contribution in [2.75, 3.05) is 11.1 Å². The molecule has 1 heterocycles. The van der Waals surface area contributed by atoms with Gasteiger partial charge in [-0.2, -0.15) is 0 Å². The van der Waals surface area contributed by atoms with Crippen molar-refractivity contribution in [3.05, 3.63) is 53.1 Å². The van der Waals surface area contributed by atoms with Crippen LogP contribution in [0.1, 0.15) is 17.3 Å². The third-order valence-corrected chi connectivity index (χ3v) is 5.65. The number of benzene rings is 2. The quantitative estimate of drug-likeness (QED) is 0.509. The van der Waals surface area contributed by atoms with Crippen molar-refractivity contribution >= 4 is 62.3 Å². The van der Waals surface area contributed by atoms with Crippen LogP contribution >= 0.6 is 34.7 Å². The molecule has 0 fully saturated rings. The molecule has 0 saturated heterocycles. The SMILES string of the molecule is CC(=O)c1ccccc1NC(=O)CSc1nc2cc(Cl)ccc2s1. The molecular weight excluding hydrogens is 364 g/mol. The lowest BCUT2D eigenvalue weighted by atomic mass is 10.1. The summed E-state index contributed by atoms with van der Waals surface area (Å²) in [5, 5.41) is 3.42. The van der Waals surface area contributed by atoms with E-state index < -0.39 is 0 Å². The van der Waals surface area contributed by atoms with E-state index in [1.54, 1.807) is 30.3 Å². The summed E-state index contributed by atoms with van der Waals surface area (Å²) in [6.07, 6.45) is 0. The zero-order valence-corrected chi connectivity index (χ0v) is 15.1. The Hall–Kier alpha value is -1.89. The Balaban J connectivity index is 1.66. The van der Waals surface area contributed by atoms with Crippen molar-refractivity contribution in [3.63, 3.8) is 0 Å². The Bertz CT molecular complexity index is 924. The molecule has 0 unspecified atom stereocenters. The summed E-state index contributed by atoms with van der Waals surface area (Å²) < 4.78 is 1.84. The highest BCUT2D eigenvalue weighted by Crippen LogP contribution is 2.31. The second kappa shape index (κ2) is 7.34. The Morgan fingerprint density at radius 1 is 1.25 bits per heavy atom. The summed E-state index contributed by atoms with van der Waals surface area (Å²) in [5.41, 5.74) is 1.87. The third kappa shape index (κ3) is 3.95. The Morgan fingerprint density at radius 2 is 2.04 bits per heavy atom. The van der Waals surface area contributed by atoms with Gasteiger partial charge in [-0.1, -0.05) is 35.5 Å². The molecule has 0 spiro atoms. The average Bonchev–Trinajstić information content (AvgIpc) is 2.95. The first-order valence-electron chi connectivity index (χ1n) is 7.11. The Kier molecular flexibility index (Phi) is 5.18. The van der Waals surface area contributed by atoms with Crippen LogP contribution in [0.3, 0.4) is 0 Å². The van der Waals surface area contributed by atoms with Crippen molar-refractivity contribution in [2.24, 2.45) is 0 Å². The van der Waals surface area contributed by atoms with Crippen LogP contribution in [0, 0.1) is 0 Å². The second-order valence-electron chi connectivity index (χ2n) is 5.03. The standard InChI is InChI=1S/C17H13ClN2O2S2/c1-10(21)12-4-2-3-5-13(12)19-16(22)9-23-17-20-14-8-11(18)6-7-15(14)24-17/h2-8H,9H2,1H3,(H,19,22). The Morgan fingerprint density at radius 3 is 2.83 bits per heavy atom. The number of rotatable bonds is 5. The number of fused-ring (bicyclic) bond motifs is 1. The van der Waals surface area contributed by atoms with E-state index in [-0.39, 0.29) is 17.4 Å². The van der Waals surface area contributed by atoms with Crippen LogP contribution in [0.5, 0.6) is 0 Å². The van der Waals surface area contributed by atoms with Crippen molar-refractivity contribution in [1.82, 2.24) is 4.98 Å². The van der Waals surface area contributed by atoms with Gasteiger partial charge in [0.2, 0.25) is 5.91 Å². The van der Waals surface area contributed by atoms with E-state index in [0.717, 1.165) is 14.6 Å². The van der Waals surface area contributed by atoms with Gasteiger partial charge in [0.15, 0.2) is 10.1 Å². The molecule has 1 amide bonds. The van der Waals surface area contributed by atoms with E-state index in [9.17, 15) is 9.59 Å². The molecule has 0 atom stereocenters. The predicted molar refractivity (Wildman–Crippen MR) is 100 cm³/mol. The number of hydrogen-bond acceptors (Lipinski definition) is 5. The first kappa shape index (κ1) is 17.0. The van der Waals surface area contributed by atoms with E-state index in [1.165, 1.54) is 30.0 Å². The summed E-state index contributed by atoms with van der Waals surface area (Å²) in [7, 11) is 0. The number of nitrogens with one attached hydrogen (secondary N) is 1. The monoisotopic (exact) mass is 376 g/mol. The smallest absolute Gasteiger partial charge is 0.234 e. The molecule has 122 valence electrons.